The van der Waals surface area contributed by atoms with Gasteiger partial charge < -0.3 is 4.57 Å². The lowest BCUT2D eigenvalue weighted by molar-refractivity contribution is 0.955. The summed E-state index contributed by atoms with van der Waals surface area (Å²) in [7, 11) is 0. The van der Waals surface area contributed by atoms with Crippen LogP contribution in [-0.2, 0) is 0 Å². The first-order valence-corrected chi connectivity index (χ1v) is 23.4. The van der Waals surface area contributed by atoms with Crippen molar-refractivity contribution in [3.05, 3.63) is 242 Å². The largest absolute Gasteiger partial charge is 0.309 e. The number of aromatic nitrogens is 6. The van der Waals surface area contributed by atoms with Gasteiger partial charge in [-0.15, -0.1) is 0 Å². The van der Waals surface area contributed by atoms with Crippen LogP contribution in [0.2, 0.25) is 0 Å². The van der Waals surface area contributed by atoms with Gasteiger partial charge in [0.2, 0.25) is 5.95 Å². The molecule has 0 N–H and O–H groups in total. The molecule has 0 aliphatic carbocycles. The molecule has 0 amide bonds. The first-order valence-electron chi connectivity index (χ1n) is 23.4. The Hall–Kier alpha value is -9.53. The summed E-state index contributed by atoms with van der Waals surface area (Å²) in [5, 5.41) is 6.42. The lowest BCUT2D eigenvalue weighted by atomic mass is 10.0. The number of benzene rings is 9. The summed E-state index contributed by atoms with van der Waals surface area (Å²) in [6, 6.07) is 77.4. The highest BCUT2D eigenvalue weighted by atomic mass is 15.2. The van der Waals surface area contributed by atoms with Crippen molar-refractivity contribution in [1.82, 2.24) is 28.7 Å². The molecule has 0 saturated heterocycles. The average Bonchev–Trinajstić information content (AvgIpc) is 4.08. The Labute approximate surface area is 403 Å². The Bertz CT molecular complexity index is 4170. The normalized spacial score (nSPS) is 12.3. The van der Waals surface area contributed by atoms with Gasteiger partial charge in [-0.05, 0) is 48.9 Å². The Balaban J connectivity index is 1.19. The molecule has 70 heavy (non-hydrogen) atoms. The molecule has 0 atom stereocenters. The van der Waals surface area contributed by atoms with Crippen LogP contribution in [0.3, 0.4) is 0 Å². The fraction of sp³-hybridized carbons (Fsp3) is 0.0161. The number of hydrogen-bond donors (Lipinski definition) is 0. The summed E-state index contributed by atoms with van der Waals surface area (Å²) in [6.07, 6.45) is 0. The SMILES string of the molecule is C=C(/N=C(\N=C(C)c1ccccc1)c1ccccc1)n1c2ccccc2c2ccc3c(c4c(ccc5c6ccccc6n(-c6nc(-c7ccccc7)nc(-c7ccccc7)n6)c54)n3-c3ccccc3)c21. The number of rotatable bonds is 8. The van der Waals surface area contributed by atoms with Crippen molar-refractivity contribution < 1.29 is 0 Å². The number of aliphatic imine (C=N–C) groups is 2. The van der Waals surface area contributed by atoms with Gasteiger partial charge >= 0.3 is 0 Å². The summed E-state index contributed by atoms with van der Waals surface area (Å²) in [5.41, 5.74) is 11.6. The molecule has 8 nitrogen and oxygen atoms in total. The van der Waals surface area contributed by atoms with E-state index in [1.165, 1.54) is 0 Å². The molecule has 9 aromatic carbocycles. The number of para-hydroxylation sites is 3. The van der Waals surface area contributed by atoms with Crippen molar-refractivity contribution in [2.45, 2.75) is 6.92 Å². The minimum absolute atomic E-state index is 0.521. The molecular weight excluding hydrogens is 857 g/mol. The van der Waals surface area contributed by atoms with Crippen LogP contribution in [0.5, 0.6) is 0 Å². The molecule has 0 spiro atoms. The molecule has 0 unspecified atom stereocenters. The summed E-state index contributed by atoms with van der Waals surface area (Å²) >= 11 is 0. The third-order valence-corrected chi connectivity index (χ3v) is 13.3. The van der Waals surface area contributed by atoms with Crippen LogP contribution in [-0.4, -0.2) is 40.2 Å². The smallest absolute Gasteiger partial charge is 0.238 e. The van der Waals surface area contributed by atoms with Gasteiger partial charge in [0.25, 0.3) is 0 Å². The van der Waals surface area contributed by atoms with E-state index in [9.17, 15) is 0 Å². The van der Waals surface area contributed by atoms with Crippen LogP contribution in [0.25, 0.3) is 106 Å². The average molecular weight is 899 g/mol. The maximum atomic E-state index is 5.40. The zero-order valence-electron chi connectivity index (χ0n) is 38.1. The molecule has 0 fully saturated rings. The zero-order valence-corrected chi connectivity index (χ0v) is 38.1. The maximum absolute atomic E-state index is 5.40. The quantitative estimate of drug-likeness (QED) is 0.113. The van der Waals surface area contributed by atoms with Gasteiger partial charge in [0.05, 0.1) is 33.1 Å². The van der Waals surface area contributed by atoms with Crippen molar-refractivity contribution >= 4 is 82.8 Å². The summed E-state index contributed by atoms with van der Waals surface area (Å²) in [6.45, 7) is 6.83. The van der Waals surface area contributed by atoms with E-state index in [1.807, 2.05) is 104 Å². The summed E-state index contributed by atoms with van der Waals surface area (Å²) in [4.78, 5) is 26.4. The Morgan fingerprint density at radius 2 is 0.871 bits per heavy atom. The molecule has 0 saturated carbocycles. The minimum atomic E-state index is 0.521. The topological polar surface area (TPSA) is 78.2 Å². The molecule has 4 aromatic heterocycles. The minimum Gasteiger partial charge on any atom is -0.309 e. The van der Waals surface area contributed by atoms with E-state index in [0.29, 0.717) is 29.3 Å². The number of fused-ring (bicyclic) bond motifs is 11. The second kappa shape index (κ2) is 16.7. The highest BCUT2D eigenvalue weighted by Gasteiger charge is 2.27. The van der Waals surface area contributed by atoms with E-state index >= 15 is 0 Å². The molecule has 13 rings (SSSR count). The molecule has 0 aliphatic rings. The van der Waals surface area contributed by atoms with E-state index in [2.05, 4.69) is 141 Å². The third kappa shape index (κ3) is 6.65. The highest BCUT2D eigenvalue weighted by Crippen LogP contribution is 2.46. The van der Waals surface area contributed by atoms with E-state index in [4.69, 9.17) is 31.5 Å². The first kappa shape index (κ1) is 40.7. The van der Waals surface area contributed by atoms with Crippen molar-refractivity contribution in [2.75, 3.05) is 0 Å². The molecule has 0 bridgehead atoms. The first-order chi connectivity index (χ1) is 34.6. The lowest BCUT2D eigenvalue weighted by Crippen LogP contribution is -2.06. The predicted octanol–water partition coefficient (Wildman–Crippen LogP) is 14.9. The van der Waals surface area contributed by atoms with Crippen LogP contribution in [0.15, 0.2) is 241 Å². The fourth-order valence-corrected chi connectivity index (χ4v) is 10.1. The van der Waals surface area contributed by atoms with Crippen molar-refractivity contribution in [2.24, 2.45) is 9.98 Å². The number of amidine groups is 1. The van der Waals surface area contributed by atoms with Crippen LogP contribution in [0, 0.1) is 0 Å². The van der Waals surface area contributed by atoms with Crippen molar-refractivity contribution in [3.8, 4) is 34.4 Å². The van der Waals surface area contributed by atoms with Crippen LogP contribution in [0.1, 0.15) is 18.1 Å². The Kier molecular flexibility index (Phi) is 9.69. The van der Waals surface area contributed by atoms with E-state index in [0.717, 1.165) is 99.1 Å². The summed E-state index contributed by atoms with van der Waals surface area (Å²) < 4.78 is 6.85. The molecule has 330 valence electrons. The highest BCUT2D eigenvalue weighted by molar-refractivity contribution is 6.33. The molecule has 0 radical (unpaired) electrons. The maximum Gasteiger partial charge on any atom is 0.238 e. The zero-order chi connectivity index (χ0) is 46.7. The molecule has 0 aliphatic heterocycles. The van der Waals surface area contributed by atoms with Gasteiger partial charge in [-0.1, -0.05) is 195 Å². The van der Waals surface area contributed by atoms with Gasteiger partial charge in [0.1, 0.15) is 5.82 Å². The van der Waals surface area contributed by atoms with E-state index in [-0.39, 0.29) is 0 Å². The van der Waals surface area contributed by atoms with Crippen LogP contribution in [0.4, 0.5) is 0 Å². The molecule has 13 aromatic rings. The molecular formula is C62H42N8. The summed E-state index contributed by atoms with van der Waals surface area (Å²) in [5.74, 6) is 2.80. The molecule has 8 heteroatoms. The van der Waals surface area contributed by atoms with Crippen LogP contribution < -0.4 is 0 Å². The number of nitrogens with zero attached hydrogens (tertiary/aromatic N) is 8. The predicted molar refractivity (Wildman–Crippen MR) is 289 cm³/mol. The van der Waals surface area contributed by atoms with Crippen LogP contribution >= 0.6 is 0 Å². The lowest BCUT2D eigenvalue weighted by Gasteiger charge is -2.12. The van der Waals surface area contributed by atoms with E-state index < -0.39 is 0 Å². The van der Waals surface area contributed by atoms with Gasteiger partial charge in [0, 0.05) is 60.4 Å². The monoisotopic (exact) mass is 898 g/mol. The Morgan fingerprint density at radius 1 is 0.400 bits per heavy atom. The second-order valence-corrected chi connectivity index (χ2v) is 17.4. The van der Waals surface area contributed by atoms with Gasteiger partial charge in [-0.3, -0.25) is 9.13 Å². The standard InChI is InChI=1S/C62H42N8/c1-40(42-22-8-3-9-23-42)63-59(43-24-10-4-11-25-43)64-41(2)68-51-34-20-18-32-47(51)49-36-38-53-55(57(49)68)56-54(69(53)46-30-16-7-17-31-46)39-37-50-48-33-19-21-35-52(48)70(58(50)56)62-66-60(44-26-12-5-13-27-44)65-61(67-62)45-28-14-6-15-29-45/h3-39H,2H2,1H3/b63-40?,64-59-. The van der Waals surface area contributed by atoms with E-state index in [1.54, 1.807) is 0 Å². The van der Waals surface area contributed by atoms with Gasteiger partial charge in [-0.2, -0.15) is 9.97 Å². The molecule has 4 heterocycles. The fourth-order valence-electron chi connectivity index (χ4n) is 10.1. The Morgan fingerprint density at radius 3 is 1.47 bits per heavy atom. The van der Waals surface area contributed by atoms with Gasteiger partial charge in [-0.25, -0.2) is 15.0 Å². The van der Waals surface area contributed by atoms with Crippen molar-refractivity contribution in [1.29, 1.82) is 0 Å². The van der Waals surface area contributed by atoms with Crippen molar-refractivity contribution in [3.63, 3.8) is 0 Å². The third-order valence-electron chi connectivity index (χ3n) is 13.3. The second-order valence-electron chi connectivity index (χ2n) is 17.4. The van der Waals surface area contributed by atoms with Gasteiger partial charge in [0.15, 0.2) is 17.5 Å². The number of hydrogen-bond acceptors (Lipinski definition) is 4.